The molecule has 1 N–H and O–H groups in total. The lowest BCUT2D eigenvalue weighted by atomic mass is 9.81. The fourth-order valence-corrected chi connectivity index (χ4v) is 1.76. The van der Waals surface area contributed by atoms with Crippen LogP contribution in [0.3, 0.4) is 0 Å². The molecule has 1 fully saturated rings. The first-order valence-corrected chi connectivity index (χ1v) is 4.63. The Bertz CT molecular complexity index is 427. The Morgan fingerprint density at radius 2 is 1.87 bits per heavy atom. The summed E-state index contributed by atoms with van der Waals surface area (Å²) >= 11 is 0. The molecule has 2 amide bonds. The average Bonchev–Trinajstić information content (AvgIpc) is 2.42. The van der Waals surface area contributed by atoms with Crippen LogP contribution in [0.15, 0.2) is 24.3 Å². The monoisotopic (exact) mass is 207 g/mol. The molecule has 0 unspecified atom stereocenters. The Balaban J connectivity index is 2.41. The molecule has 0 aromatic heterocycles. The molecule has 1 aliphatic rings. The van der Waals surface area contributed by atoms with Gasteiger partial charge in [0.2, 0.25) is 11.8 Å². The maximum absolute atomic E-state index is 12.7. The van der Waals surface area contributed by atoms with Crippen LogP contribution in [0, 0.1) is 5.82 Å². The van der Waals surface area contributed by atoms with Crippen molar-refractivity contribution >= 4 is 11.8 Å². The summed E-state index contributed by atoms with van der Waals surface area (Å²) in [5, 5.41) is 2.25. The largest absolute Gasteiger partial charge is 0.296 e. The molecule has 1 aliphatic heterocycles. The Hall–Kier alpha value is -1.71. The third kappa shape index (κ3) is 1.52. The quantitative estimate of drug-likeness (QED) is 0.701. The molecule has 15 heavy (non-hydrogen) atoms. The van der Waals surface area contributed by atoms with Gasteiger partial charge in [-0.2, -0.15) is 0 Å². The smallest absolute Gasteiger partial charge is 0.237 e. The third-order valence-corrected chi connectivity index (χ3v) is 2.75. The molecule has 3 nitrogen and oxygen atoms in total. The van der Waals surface area contributed by atoms with Crippen molar-refractivity contribution in [2.45, 2.75) is 18.8 Å². The SMILES string of the molecule is C[C@@]1(c2ccc(F)cc2)CC(=O)NC1=O. The predicted molar refractivity (Wildman–Crippen MR) is 51.5 cm³/mol. The van der Waals surface area contributed by atoms with E-state index in [0.717, 1.165) is 0 Å². The maximum atomic E-state index is 12.7. The minimum absolute atomic E-state index is 0.122. The van der Waals surface area contributed by atoms with E-state index in [9.17, 15) is 14.0 Å². The zero-order valence-corrected chi connectivity index (χ0v) is 8.21. The number of nitrogens with one attached hydrogen (secondary N) is 1. The van der Waals surface area contributed by atoms with E-state index in [4.69, 9.17) is 0 Å². The summed E-state index contributed by atoms with van der Waals surface area (Å²) in [7, 11) is 0. The Morgan fingerprint density at radius 3 is 2.33 bits per heavy atom. The number of amides is 2. The van der Waals surface area contributed by atoms with E-state index in [1.54, 1.807) is 6.92 Å². The van der Waals surface area contributed by atoms with E-state index in [0.29, 0.717) is 5.56 Å². The van der Waals surface area contributed by atoms with Crippen molar-refractivity contribution in [2.75, 3.05) is 0 Å². The van der Waals surface area contributed by atoms with Crippen LogP contribution < -0.4 is 5.32 Å². The van der Waals surface area contributed by atoms with Gasteiger partial charge < -0.3 is 0 Å². The zero-order chi connectivity index (χ0) is 11.1. The van der Waals surface area contributed by atoms with E-state index in [2.05, 4.69) is 5.32 Å². The van der Waals surface area contributed by atoms with E-state index in [-0.39, 0.29) is 24.1 Å². The molecule has 0 bridgehead atoms. The van der Waals surface area contributed by atoms with Crippen molar-refractivity contribution < 1.29 is 14.0 Å². The van der Waals surface area contributed by atoms with E-state index in [1.165, 1.54) is 24.3 Å². The minimum atomic E-state index is -0.856. The van der Waals surface area contributed by atoms with Crippen LogP contribution in [0.25, 0.3) is 0 Å². The first-order valence-electron chi connectivity index (χ1n) is 4.63. The van der Waals surface area contributed by atoms with Crippen LogP contribution >= 0.6 is 0 Å². The molecule has 1 atom stereocenters. The molecule has 0 aliphatic carbocycles. The second-order valence-electron chi connectivity index (χ2n) is 3.89. The van der Waals surface area contributed by atoms with Crippen LogP contribution in [-0.2, 0) is 15.0 Å². The highest BCUT2D eigenvalue weighted by atomic mass is 19.1. The van der Waals surface area contributed by atoms with Crippen LogP contribution in [0.5, 0.6) is 0 Å². The van der Waals surface area contributed by atoms with Crippen molar-refractivity contribution in [2.24, 2.45) is 0 Å². The average molecular weight is 207 g/mol. The normalized spacial score (nSPS) is 25.5. The number of benzene rings is 1. The molecule has 0 spiro atoms. The number of halogens is 1. The van der Waals surface area contributed by atoms with Gasteiger partial charge >= 0.3 is 0 Å². The second-order valence-corrected chi connectivity index (χ2v) is 3.89. The lowest BCUT2D eigenvalue weighted by Crippen LogP contribution is -2.32. The van der Waals surface area contributed by atoms with Crippen molar-refractivity contribution in [3.8, 4) is 0 Å². The van der Waals surface area contributed by atoms with Gasteiger partial charge in [-0.25, -0.2) is 4.39 Å². The molecule has 78 valence electrons. The fourth-order valence-electron chi connectivity index (χ4n) is 1.76. The van der Waals surface area contributed by atoms with Gasteiger partial charge in [-0.1, -0.05) is 12.1 Å². The number of carbonyl (C=O) groups is 2. The van der Waals surface area contributed by atoms with Crippen molar-refractivity contribution in [3.05, 3.63) is 35.6 Å². The third-order valence-electron chi connectivity index (χ3n) is 2.75. The molecule has 1 aromatic carbocycles. The standard InChI is InChI=1S/C11H10FNO2/c1-11(6-9(14)13-10(11)15)7-2-4-8(12)5-3-7/h2-5H,6H2,1H3,(H,13,14,15)/t11-/m0/s1. The van der Waals surface area contributed by atoms with Crippen molar-refractivity contribution in [1.29, 1.82) is 0 Å². The van der Waals surface area contributed by atoms with Gasteiger partial charge in [0.1, 0.15) is 5.82 Å². The van der Waals surface area contributed by atoms with Crippen molar-refractivity contribution in [3.63, 3.8) is 0 Å². The Kier molecular flexibility index (Phi) is 2.07. The van der Waals surface area contributed by atoms with E-state index in [1.807, 2.05) is 0 Å². The van der Waals surface area contributed by atoms with E-state index >= 15 is 0 Å². The van der Waals surface area contributed by atoms with Gasteiger partial charge in [0.05, 0.1) is 5.41 Å². The van der Waals surface area contributed by atoms with Gasteiger partial charge in [0.25, 0.3) is 0 Å². The molecule has 1 saturated heterocycles. The summed E-state index contributed by atoms with van der Waals surface area (Å²) < 4.78 is 12.7. The first-order chi connectivity index (χ1) is 7.02. The molecular weight excluding hydrogens is 197 g/mol. The molecule has 1 heterocycles. The number of carbonyl (C=O) groups excluding carboxylic acids is 2. The molecule has 1 aromatic rings. The van der Waals surface area contributed by atoms with Crippen molar-refractivity contribution in [1.82, 2.24) is 5.32 Å². The second kappa shape index (κ2) is 3.15. The minimum Gasteiger partial charge on any atom is -0.296 e. The molecule has 0 saturated carbocycles. The summed E-state index contributed by atoms with van der Waals surface area (Å²) in [4.78, 5) is 22.7. The number of imide groups is 1. The zero-order valence-electron chi connectivity index (χ0n) is 8.21. The Labute approximate surface area is 86.3 Å². The highest BCUT2D eigenvalue weighted by molar-refractivity contribution is 6.08. The fraction of sp³-hybridized carbons (Fsp3) is 0.273. The lowest BCUT2D eigenvalue weighted by Gasteiger charge is -2.19. The highest BCUT2D eigenvalue weighted by Gasteiger charge is 2.43. The summed E-state index contributed by atoms with van der Waals surface area (Å²) in [5.41, 5.74) is -0.197. The van der Waals surface area contributed by atoms with Crippen LogP contribution in [0.1, 0.15) is 18.9 Å². The van der Waals surface area contributed by atoms with Gasteiger partial charge in [-0.05, 0) is 24.6 Å². The predicted octanol–water partition coefficient (Wildman–Crippen LogP) is 1.13. The van der Waals surface area contributed by atoms with Gasteiger partial charge in [0, 0.05) is 6.42 Å². The van der Waals surface area contributed by atoms with Crippen LogP contribution in [0.2, 0.25) is 0 Å². The first kappa shape index (κ1) is 9.83. The van der Waals surface area contributed by atoms with E-state index < -0.39 is 5.41 Å². The molecule has 0 radical (unpaired) electrons. The molecule has 4 heteroatoms. The van der Waals surface area contributed by atoms with Gasteiger partial charge in [0.15, 0.2) is 0 Å². The maximum Gasteiger partial charge on any atom is 0.237 e. The Morgan fingerprint density at radius 1 is 1.27 bits per heavy atom. The van der Waals surface area contributed by atoms with Crippen LogP contribution in [0.4, 0.5) is 4.39 Å². The topological polar surface area (TPSA) is 46.2 Å². The van der Waals surface area contributed by atoms with Gasteiger partial charge in [-0.3, -0.25) is 14.9 Å². The number of rotatable bonds is 1. The molecular formula is C11H10FNO2. The van der Waals surface area contributed by atoms with Gasteiger partial charge in [-0.15, -0.1) is 0 Å². The van der Waals surface area contributed by atoms with Crippen LogP contribution in [-0.4, -0.2) is 11.8 Å². The summed E-state index contributed by atoms with van der Waals surface area (Å²) in [6.45, 7) is 1.68. The summed E-state index contributed by atoms with van der Waals surface area (Å²) in [6, 6.07) is 5.65. The molecule has 2 rings (SSSR count). The summed E-state index contributed by atoms with van der Waals surface area (Å²) in [6.07, 6.45) is 0.122. The number of hydrogen-bond acceptors (Lipinski definition) is 2. The highest BCUT2D eigenvalue weighted by Crippen LogP contribution is 2.31. The number of hydrogen-bond donors (Lipinski definition) is 1. The summed E-state index contributed by atoms with van der Waals surface area (Å²) in [5.74, 6) is -0.960. The lowest BCUT2D eigenvalue weighted by molar-refractivity contribution is -0.126.